The highest BCUT2D eigenvalue weighted by Crippen LogP contribution is 2.17. The SMILES string of the molecule is O=C(NCCCl)C(=O)N(Cc1ccccc1)c1ccccc1. The van der Waals surface area contributed by atoms with Gasteiger partial charge in [-0.15, -0.1) is 11.6 Å². The summed E-state index contributed by atoms with van der Waals surface area (Å²) in [5, 5.41) is 2.51. The molecule has 2 aromatic carbocycles. The summed E-state index contributed by atoms with van der Waals surface area (Å²) in [5.41, 5.74) is 1.63. The van der Waals surface area contributed by atoms with Gasteiger partial charge >= 0.3 is 11.8 Å². The normalized spacial score (nSPS) is 10.0. The van der Waals surface area contributed by atoms with Gasteiger partial charge in [-0.2, -0.15) is 0 Å². The molecule has 0 aromatic heterocycles. The van der Waals surface area contributed by atoms with Gasteiger partial charge in [0, 0.05) is 18.1 Å². The van der Waals surface area contributed by atoms with Crippen LogP contribution in [0.15, 0.2) is 60.7 Å². The smallest absolute Gasteiger partial charge is 0.316 e. The van der Waals surface area contributed by atoms with Crippen molar-refractivity contribution in [1.82, 2.24) is 5.32 Å². The Morgan fingerprint density at radius 1 is 0.955 bits per heavy atom. The molecule has 2 aromatic rings. The van der Waals surface area contributed by atoms with Crippen molar-refractivity contribution in [2.75, 3.05) is 17.3 Å². The van der Waals surface area contributed by atoms with E-state index in [0.29, 0.717) is 12.2 Å². The van der Waals surface area contributed by atoms with Gasteiger partial charge in [-0.05, 0) is 17.7 Å². The number of carbonyl (C=O) groups excluding carboxylic acids is 2. The quantitative estimate of drug-likeness (QED) is 0.681. The second-order valence-electron chi connectivity index (χ2n) is 4.66. The third-order valence-electron chi connectivity index (χ3n) is 3.07. The molecule has 22 heavy (non-hydrogen) atoms. The predicted octanol–water partition coefficient (Wildman–Crippen LogP) is 2.57. The van der Waals surface area contributed by atoms with Gasteiger partial charge in [0.1, 0.15) is 0 Å². The van der Waals surface area contributed by atoms with Crippen LogP contribution in [0, 0.1) is 0 Å². The monoisotopic (exact) mass is 316 g/mol. The second-order valence-corrected chi connectivity index (χ2v) is 5.04. The number of nitrogens with one attached hydrogen (secondary N) is 1. The van der Waals surface area contributed by atoms with Gasteiger partial charge in [-0.25, -0.2) is 0 Å². The lowest BCUT2D eigenvalue weighted by Gasteiger charge is -2.22. The number of halogens is 1. The summed E-state index contributed by atoms with van der Waals surface area (Å²) >= 11 is 5.54. The Labute approximate surface area is 134 Å². The first-order chi connectivity index (χ1) is 10.7. The van der Waals surface area contributed by atoms with Crippen LogP contribution in [0.5, 0.6) is 0 Å². The maximum atomic E-state index is 12.4. The maximum absolute atomic E-state index is 12.4. The zero-order chi connectivity index (χ0) is 15.8. The summed E-state index contributed by atoms with van der Waals surface area (Å²) in [6.07, 6.45) is 0. The zero-order valence-electron chi connectivity index (χ0n) is 12.0. The largest absolute Gasteiger partial charge is 0.347 e. The molecule has 0 spiro atoms. The molecule has 0 aliphatic heterocycles. The molecule has 0 unspecified atom stereocenters. The van der Waals surface area contributed by atoms with Crippen LogP contribution in [0.4, 0.5) is 5.69 Å². The number of anilines is 1. The number of carbonyl (C=O) groups is 2. The van der Waals surface area contributed by atoms with Crippen molar-refractivity contribution in [3.8, 4) is 0 Å². The Bertz CT molecular complexity index is 617. The Kier molecular flexibility index (Phi) is 5.98. The molecule has 0 aliphatic carbocycles. The molecule has 0 fully saturated rings. The van der Waals surface area contributed by atoms with Crippen LogP contribution in [0.25, 0.3) is 0 Å². The lowest BCUT2D eigenvalue weighted by Crippen LogP contribution is -2.43. The number of amides is 2. The van der Waals surface area contributed by atoms with E-state index in [1.807, 2.05) is 48.5 Å². The molecular weight excluding hydrogens is 300 g/mol. The van der Waals surface area contributed by atoms with Crippen molar-refractivity contribution in [2.24, 2.45) is 0 Å². The fourth-order valence-electron chi connectivity index (χ4n) is 2.01. The van der Waals surface area contributed by atoms with Crippen LogP contribution >= 0.6 is 11.6 Å². The molecule has 0 atom stereocenters. The molecule has 1 N–H and O–H groups in total. The minimum absolute atomic E-state index is 0.264. The van der Waals surface area contributed by atoms with E-state index < -0.39 is 11.8 Å². The van der Waals surface area contributed by atoms with Gasteiger partial charge in [0.25, 0.3) is 0 Å². The van der Waals surface area contributed by atoms with E-state index in [4.69, 9.17) is 11.6 Å². The third kappa shape index (κ3) is 4.33. The van der Waals surface area contributed by atoms with E-state index in [-0.39, 0.29) is 12.4 Å². The number of para-hydroxylation sites is 1. The molecule has 0 saturated heterocycles. The van der Waals surface area contributed by atoms with Crippen molar-refractivity contribution in [1.29, 1.82) is 0 Å². The first-order valence-electron chi connectivity index (χ1n) is 6.97. The highest BCUT2D eigenvalue weighted by Gasteiger charge is 2.23. The second kappa shape index (κ2) is 8.20. The van der Waals surface area contributed by atoms with Crippen LogP contribution in [0.1, 0.15) is 5.56 Å². The van der Waals surface area contributed by atoms with Gasteiger partial charge in [0.2, 0.25) is 0 Å². The van der Waals surface area contributed by atoms with Gasteiger partial charge in [0.15, 0.2) is 0 Å². The van der Waals surface area contributed by atoms with E-state index in [1.54, 1.807) is 12.1 Å². The Balaban J connectivity index is 2.22. The minimum atomic E-state index is -0.652. The first-order valence-corrected chi connectivity index (χ1v) is 7.50. The van der Waals surface area contributed by atoms with E-state index in [0.717, 1.165) is 5.56 Å². The van der Waals surface area contributed by atoms with Crippen LogP contribution in [0.2, 0.25) is 0 Å². The summed E-state index contributed by atoms with van der Waals surface area (Å²) in [6, 6.07) is 18.7. The molecule has 2 amide bonds. The molecule has 0 saturated carbocycles. The maximum Gasteiger partial charge on any atom is 0.316 e. The summed E-state index contributed by atoms with van der Waals surface area (Å²) in [7, 11) is 0. The standard InChI is InChI=1S/C17H17ClN2O2/c18-11-12-19-16(21)17(22)20(15-9-5-2-6-10-15)13-14-7-3-1-4-8-14/h1-10H,11-13H2,(H,19,21). The Morgan fingerprint density at radius 3 is 2.14 bits per heavy atom. The van der Waals surface area contributed by atoms with Gasteiger partial charge in [0.05, 0.1) is 6.54 Å². The Morgan fingerprint density at radius 2 is 1.55 bits per heavy atom. The molecule has 0 heterocycles. The number of nitrogens with zero attached hydrogens (tertiary/aromatic N) is 1. The van der Waals surface area contributed by atoms with Crippen molar-refractivity contribution < 1.29 is 9.59 Å². The minimum Gasteiger partial charge on any atom is -0.347 e. The molecule has 0 aliphatic rings. The summed E-state index contributed by atoms with van der Waals surface area (Å²) in [4.78, 5) is 25.8. The van der Waals surface area contributed by atoms with E-state index >= 15 is 0 Å². The lowest BCUT2D eigenvalue weighted by atomic mass is 10.2. The summed E-state index contributed by atoms with van der Waals surface area (Å²) in [5.74, 6) is -0.983. The van der Waals surface area contributed by atoms with Gasteiger partial charge < -0.3 is 5.32 Å². The van der Waals surface area contributed by atoms with E-state index in [1.165, 1.54) is 4.90 Å². The lowest BCUT2D eigenvalue weighted by molar-refractivity contribution is -0.137. The van der Waals surface area contributed by atoms with E-state index in [9.17, 15) is 9.59 Å². The van der Waals surface area contributed by atoms with Crippen LogP contribution in [-0.2, 0) is 16.1 Å². The number of rotatable bonds is 5. The molecule has 0 bridgehead atoms. The van der Waals surface area contributed by atoms with Crippen LogP contribution in [-0.4, -0.2) is 24.2 Å². The number of hydrogen-bond acceptors (Lipinski definition) is 2. The van der Waals surface area contributed by atoms with Crippen molar-refractivity contribution in [2.45, 2.75) is 6.54 Å². The molecule has 2 rings (SSSR count). The predicted molar refractivity (Wildman–Crippen MR) is 87.8 cm³/mol. The van der Waals surface area contributed by atoms with E-state index in [2.05, 4.69) is 5.32 Å². The van der Waals surface area contributed by atoms with Gasteiger partial charge in [-0.1, -0.05) is 48.5 Å². The number of alkyl halides is 1. The molecule has 114 valence electrons. The zero-order valence-corrected chi connectivity index (χ0v) is 12.8. The summed E-state index contributed by atoms with van der Waals surface area (Å²) < 4.78 is 0. The number of benzene rings is 2. The first kappa shape index (κ1) is 16.0. The molecule has 4 nitrogen and oxygen atoms in total. The van der Waals surface area contributed by atoms with Crippen molar-refractivity contribution >= 4 is 29.1 Å². The number of hydrogen-bond donors (Lipinski definition) is 1. The van der Waals surface area contributed by atoms with Crippen LogP contribution < -0.4 is 10.2 Å². The molecule has 0 radical (unpaired) electrons. The van der Waals surface area contributed by atoms with Gasteiger partial charge in [-0.3, -0.25) is 14.5 Å². The molecule has 5 heteroatoms. The summed E-state index contributed by atoms with van der Waals surface area (Å²) in [6.45, 7) is 0.595. The fourth-order valence-corrected chi connectivity index (χ4v) is 2.11. The van der Waals surface area contributed by atoms with Crippen LogP contribution in [0.3, 0.4) is 0 Å². The highest BCUT2D eigenvalue weighted by molar-refractivity contribution is 6.40. The average Bonchev–Trinajstić information content (AvgIpc) is 2.58. The highest BCUT2D eigenvalue weighted by atomic mass is 35.5. The third-order valence-corrected chi connectivity index (χ3v) is 3.26. The van der Waals surface area contributed by atoms with Crippen molar-refractivity contribution in [3.05, 3.63) is 66.2 Å². The van der Waals surface area contributed by atoms with Crippen molar-refractivity contribution in [3.63, 3.8) is 0 Å². The molecular formula is C17H17ClN2O2. The Hall–Kier alpha value is -2.33. The fraction of sp³-hybridized carbons (Fsp3) is 0.176. The topological polar surface area (TPSA) is 49.4 Å². The average molecular weight is 317 g/mol.